The highest BCUT2D eigenvalue weighted by molar-refractivity contribution is 5.20. The van der Waals surface area contributed by atoms with Crippen LogP contribution in [0.3, 0.4) is 0 Å². The molecule has 3 rings (SSSR count). The van der Waals surface area contributed by atoms with E-state index in [4.69, 9.17) is 5.73 Å². The van der Waals surface area contributed by atoms with E-state index in [1.54, 1.807) is 12.1 Å². The van der Waals surface area contributed by atoms with Gasteiger partial charge < -0.3 is 5.73 Å². The normalized spacial score (nSPS) is 22.3. The van der Waals surface area contributed by atoms with Gasteiger partial charge >= 0.3 is 0 Å². The molecule has 2 heterocycles. The van der Waals surface area contributed by atoms with E-state index in [-0.39, 0.29) is 18.8 Å². The Morgan fingerprint density at radius 1 is 1.32 bits per heavy atom. The third-order valence-corrected chi connectivity index (χ3v) is 3.23. The molecule has 1 aliphatic rings. The summed E-state index contributed by atoms with van der Waals surface area (Å²) < 4.78 is 27.7. The number of fused-ring (bicyclic) bond motifs is 1. The predicted octanol–water partition coefficient (Wildman–Crippen LogP) is 1.75. The highest BCUT2D eigenvalue weighted by atomic mass is 19.1. The summed E-state index contributed by atoms with van der Waals surface area (Å²) in [6.45, 7) is 0.208. The van der Waals surface area contributed by atoms with Crippen molar-refractivity contribution < 1.29 is 8.78 Å². The molecular weight excluding hydrogens is 250 g/mol. The molecule has 0 spiro atoms. The van der Waals surface area contributed by atoms with Gasteiger partial charge in [-0.2, -0.15) is 5.10 Å². The minimum absolute atomic E-state index is 0.208. The lowest BCUT2D eigenvalue weighted by Gasteiger charge is -2.21. The summed E-state index contributed by atoms with van der Waals surface area (Å²) in [5.41, 5.74) is 6.76. The van der Waals surface area contributed by atoms with Crippen molar-refractivity contribution in [3.63, 3.8) is 0 Å². The zero-order chi connectivity index (χ0) is 13.4. The zero-order valence-electron chi connectivity index (χ0n) is 10.3. The van der Waals surface area contributed by atoms with Gasteiger partial charge in [0.15, 0.2) is 5.82 Å². The number of aromatic nitrogens is 3. The van der Waals surface area contributed by atoms with Gasteiger partial charge in [0.1, 0.15) is 17.8 Å². The summed E-state index contributed by atoms with van der Waals surface area (Å²) in [6.07, 6.45) is -0.193. The van der Waals surface area contributed by atoms with Crippen molar-refractivity contribution in [2.75, 3.05) is 0 Å². The first-order chi connectivity index (χ1) is 9.11. The standard InChI is InChI=1S/C13H14F2N4/c14-9-3-1-8(2-4-9)5-12-17-13-11(16)6-10(15)7-19(13)18-12/h1-4,10-11H,5-7,16H2. The summed E-state index contributed by atoms with van der Waals surface area (Å²) in [5.74, 6) is 0.945. The van der Waals surface area contributed by atoms with Crippen molar-refractivity contribution in [1.82, 2.24) is 14.8 Å². The van der Waals surface area contributed by atoms with Gasteiger partial charge in [0.05, 0.1) is 12.6 Å². The third kappa shape index (κ3) is 2.49. The SMILES string of the molecule is NC1CC(F)Cn2nc(Cc3ccc(F)cc3)nc21. The Morgan fingerprint density at radius 3 is 2.79 bits per heavy atom. The average Bonchev–Trinajstić information content (AvgIpc) is 2.75. The number of halogens is 2. The quantitative estimate of drug-likeness (QED) is 0.899. The van der Waals surface area contributed by atoms with Gasteiger partial charge in [-0.05, 0) is 17.7 Å². The minimum Gasteiger partial charge on any atom is -0.321 e. The van der Waals surface area contributed by atoms with Crippen molar-refractivity contribution in [2.24, 2.45) is 5.73 Å². The second-order valence-corrected chi connectivity index (χ2v) is 4.81. The lowest BCUT2D eigenvalue weighted by Crippen LogP contribution is -2.30. The smallest absolute Gasteiger partial charge is 0.155 e. The molecule has 0 amide bonds. The van der Waals surface area contributed by atoms with Crippen LogP contribution < -0.4 is 5.73 Å². The second-order valence-electron chi connectivity index (χ2n) is 4.81. The number of alkyl halides is 1. The molecule has 0 bridgehead atoms. The van der Waals surface area contributed by atoms with Crippen molar-refractivity contribution in [3.05, 3.63) is 47.3 Å². The van der Waals surface area contributed by atoms with E-state index in [1.165, 1.54) is 16.8 Å². The first-order valence-electron chi connectivity index (χ1n) is 6.19. The maximum absolute atomic E-state index is 13.4. The summed E-state index contributed by atoms with van der Waals surface area (Å²) in [4.78, 5) is 4.35. The average molecular weight is 264 g/mol. The lowest BCUT2D eigenvalue weighted by atomic mass is 10.1. The van der Waals surface area contributed by atoms with E-state index in [0.29, 0.717) is 18.1 Å². The fourth-order valence-electron chi connectivity index (χ4n) is 2.31. The zero-order valence-corrected chi connectivity index (χ0v) is 10.3. The van der Waals surface area contributed by atoms with E-state index in [9.17, 15) is 8.78 Å². The van der Waals surface area contributed by atoms with Gasteiger partial charge in [0.25, 0.3) is 0 Å². The van der Waals surface area contributed by atoms with Crippen LogP contribution in [-0.2, 0) is 13.0 Å². The van der Waals surface area contributed by atoms with Crippen LogP contribution >= 0.6 is 0 Å². The molecule has 1 aromatic heterocycles. The number of hydrogen-bond donors (Lipinski definition) is 1. The number of benzene rings is 1. The lowest BCUT2D eigenvalue weighted by molar-refractivity contribution is 0.219. The molecule has 0 fully saturated rings. The topological polar surface area (TPSA) is 56.7 Å². The first-order valence-corrected chi connectivity index (χ1v) is 6.19. The third-order valence-electron chi connectivity index (χ3n) is 3.23. The molecule has 1 aliphatic heterocycles. The van der Waals surface area contributed by atoms with E-state index in [2.05, 4.69) is 10.1 Å². The van der Waals surface area contributed by atoms with Gasteiger partial charge in [-0.1, -0.05) is 12.1 Å². The molecule has 19 heavy (non-hydrogen) atoms. The monoisotopic (exact) mass is 264 g/mol. The van der Waals surface area contributed by atoms with Gasteiger partial charge in [-0.3, -0.25) is 0 Å². The molecule has 0 radical (unpaired) electrons. The molecule has 2 aromatic rings. The fraction of sp³-hybridized carbons (Fsp3) is 0.385. The van der Waals surface area contributed by atoms with Crippen LogP contribution in [-0.4, -0.2) is 20.9 Å². The molecule has 100 valence electrons. The highest BCUT2D eigenvalue weighted by Gasteiger charge is 2.27. The molecule has 0 saturated heterocycles. The second kappa shape index (κ2) is 4.70. The van der Waals surface area contributed by atoms with Gasteiger partial charge in [0.2, 0.25) is 0 Å². The Labute approximate surface area is 109 Å². The predicted molar refractivity (Wildman–Crippen MR) is 65.7 cm³/mol. The Hall–Kier alpha value is -1.82. The Morgan fingerprint density at radius 2 is 2.05 bits per heavy atom. The van der Waals surface area contributed by atoms with Crippen LogP contribution in [0, 0.1) is 5.82 Å². The maximum atomic E-state index is 13.4. The van der Waals surface area contributed by atoms with Gasteiger partial charge in [-0.25, -0.2) is 18.4 Å². The van der Waals surface area contributed by atoms with E-state index < -0.39 is 12.2 Å². The van der Waals surface area contributed by atoms with E-state index in [0.717, 1.165) is 5.56 Å². The van der Waals surface area contributed by atoms with Crippen LogP contribution in [0.15, 0.2) is 24.3 Å². The number of rotatable bonds is 2. The largest absolute Gasteiger partial charge is 0.321 e. The number of hydrogen-bond acceptors (Lipinski definition) is 3. The number of nitrogens with two attached hydrogens (primary N) is 1. The van der Waals surface area contributed by atoms with Crippen LogP contribution in [0.1, 0.15) is 29.7 Å². The Balaban J connectivity index is 1.83. The van der Waals surface area contributed by atoms with Crippen LogP contribution in [0.5, 0.6) is 0 Å². The first kappa shape index (κ1) is 12.2. The molecule has 4 nitrogen and oxygen atoms in total. The van der Waals surface area contributed by atoms with E-state index >= 15 is 0 Å². The molecule has 0 aliphatic carbocycles. The van der Waals surface area contributed by atoms with Crippen molar-refractivity contribution >= 4 is 0 Å². The molecule has 2 unspecified atom stereocenters. The molecule has 1 aromatic carbocycles. The van der Waals surface area contributed by atoms with E-state index in [1.807, 2.05) is 0 Å². The molecule has 0 saturated carbocycles. The van der Waals surface area contributed by atoms with Crippen molar-refractivity contribution in [1.29, 1.82) is 0 Å². The molecule has 6 heteroatoms. The summed E-state index contributed by atoms with van der Waals surface area (Å²) in [5, 5.41) is 4.26. The molecular formula is C13H14F2N4. The van der Waals surface area contributed by atoms with Crippen LogP contribution in [0.2, 0.25) is 0 Å². The van der Waals surface area contributed by atoms with Crippen LogP contribution in [0.4, 0.5) is 8.78 Å². The van der Waals surface area contributed by atoms with Crippen molar-refractivity contribution in [3.8, 4) is 0 Å². The summed E-state index contributed by atoms with van der Waals surface area (Å²) in [6, 6.07) is 5.77. The Bertz CT molecular complexity index is 579. The van der Waals surface area contributed by atoms with Gasteiger partial charge in [-0.15, -0.1) is 0 Å². The van der Waals surface area contributed by atoms with Gasteiger partial charge in [0, 0.05) is 12.8 Å². The Kier molecular flexibility index (Phi) is 3.02. The van der Waals surface area contributed by atoms with Crippen molar-refractivity contribution in [2.45, 2.75) is 31.6 Å². The molecule has 2 atom stereocenters. The summed E-state index contributed by atoms with van der Waals surface area (Å²) >= 11 is 0. The number of nitrogens with zero attached hydrogens (tertiary/aromatic N) is 3. The van der Waals surface area contributed by atoms with Crippen LogP contribution in [0.25, 0.3) is 0 Å². The summed E-state index contributed by atoms with van der Waals surface area (Å²) in [7, 11) is 0. The molecule has 2 N–H and O–H groups in total. The minimum atomic E-state index is -0.970. The highest BCUT2D eigenvalue weighted by Crippen LogP contribution is 2.23. The maximum Gasteiger partial charge on any atom is 0.155 e. The fourth-order valence-corrected chi connectivity index (χ4v) is 2.31.